The second kappa shape index (κ2) is 16.7. The van der Waals surface area contributed by atoms with Crippen molar-refractivity contribution in [1.29, 1.82) is 0 Å². The third-order valence-corrected chi connectivity index (χ3v) is 12.3. The highest BCUT2D eigenvalue weighted by molar-refractivity contribution is 6.22. The summed E-state index contributed by atoms with van der Waals surface area (Å²) in [6.07, 6.45) is 0. The van der Waals surface area contributed by atoms with E-state index in [-0.39, 0.29) is 0 Å². The quantitative estimate of drug-likeness (QED) is 0.131. The van der Waals surface area contributed by atoms with E-state index in [0.29, 0.717) is 0 Å². The number of hydrogen-bond donors (Lipinski definition) is 0. The molecule has 0 fully saturated rings. The fourth-order valence-electron chi connectivity index (χ4n) is 9.28. The SMILES string of the molecule is c1ccc(-c2cccc(N(c3ccc(-c4ccc(-c5ccccc5)cc4-c4ccccc4)cc3)c3ccc4c(-c5ccccc5)c(-c5ccccc5)c5ccccc5c4c3)c2)cc1. The van der Waals surface area contributed by atoms with E-state index in [1.54, 1.807) is 0 Å². The number of hydrogen-bond acceptors (Lipinski definition) is 1. The Balaban J connectivity index is 1.10. The molecular formula is C62H43N. The van der Waals surface area contributed by atoms with Crippen LogP contribution in [0.2, 0.25) is 0 Å². The molecule has 296 valence electrons. The first kappa shape index (κ1) is 37.7. The van der Waals surface area contributed by atoms with E-state index < -0.39 is 0 Å². The molecule has 63 heavy (non-hydrogen) atoms. The summed E-state index contributed by atoms with van der Waals surface area (Å²) in [5.74, 6) is 0. The average Bonchev–Trinajstić information content (AvgIpc) is 3.37. The van der Waals surface area contributed by atoms with Crippen LogP contribution < -0.4 is 4.90 Å². The maximum Gasteiger partial charge on any atom is 0.0468 e. The van der Waals surface area contributed by atoms with Crippen molar-refractivity contribution >= 4 is 38.6 Å². The molecule has 0 heterocycles. The van der Waals surface area contributed by atoms with Gasteiger partial charge >= 0.3 is 0 Å². The van der Waals surface area contributed by atoms with Crippen LogP contribution in [0, 0.1) is 0 Å². The minimum atomic E-state index is 1.08. The molecule has 0 spiro atoms. The Labute approximate surface area is 369 Å². The van der Waals surface area contributed by atoms with E-state index in [1.807, 2.05) is 0 Å². The topological polar surface area (TPSA) is 3.24 Å². The standard InChI is InChI=1S/C62H43N/c1-6-19-44(20-7-1)50-29-18-30-53(41-50)63(52-36-33-47(34-37-52)55-39-35-51(45-21-8-2-9-22-45)42-59(55)46-23-10-3-11-24-46)54-38-40-58-60(43-54)56-31-16-17-32-57(56)61(48-25-12-4-13-26-48)62(58)49-27-14-5-15-28-49/h1-43H. The first-order valence-corrected chi connectivity index (χ1v) is 21.7. The molecule has 0 aliphatic carbocycles. The summed E-state index contributed by atoms with van der Waals surface area (Å²) in [6.45, 7) is 0. The van der Waals surface area contributed by atoms with Crippen molar-refractivity contribution in [1.82, 2.24) is 0 Å². The van der Waals surface area contributed by atoms with E-state index in [1.165, 1.54) is 88.3 Å². The van der Waals surface area contributed by atoms with Crippen molar-refractivity contribution in [2.24, 2.45) is 0 Å². The molecule has 0 aliphatic heterocycles. The maximum absolute atomic E-state index is 2.41. The molecule has 11 aromatic rings. The Morgan fingerprint density at radius 2 is 0.603 bits per heavy atom. The zero-order valence-corrected chi connectivity index (χ0v) is 34.8. The van der Waals surface area contributed by atoms with Crippen molar-refractivity contribution in [2.45, 2.75) is 0 Å². The van der Waals surface area contributed by atoms with Gasteiger partial charge in [0.05, 0.1) is 0 Å². The Hall–Kier alpha value is -8.26. The molecule has 1 nitrogen and oxygen atoms in total. The number of anilines is 3. The lowest BCUT2D eigenvalue weighted by Crippen LogP contribution is -2.10. The molecule has 11 aromatic carbocycles. The molecule has 0 saturated carbocycles. The normalized spacial score (nSPS) is 11.2. The van der Waals surface area contributed by atoms with E-state index in [2.05, 4.69) is 266 Å². The van der Waals surface area contributed by atoms with Crippen LogP contribution in [-0.2, 0) is 0 Å². The Kier molecular flexibility index (Phi) is 9.97. The minimum Gasteiger partial charge on any atom is -0.310 e. The van der Waals surface area contributed by atoms with Gasteiger partial charge in [0.1, 0.15) is 0 Å². The molecule has 0 aliphatic rings. The van der Waals surface area contributed by atoms with E-state index in [0.717, 1.165) is 17.1 Å². The summed E-state index contributed by atoms with van der Waals surface area (Å²) in [7, 11) is 0. The van der Waals surface area contributed by atoms with Crippen molar-refractivity contribution in [3.05, 3.63) is 261 Å². The van der Waals surface area contributed by atoms with Gasteiger partial charge in [-0.2, -0.15) is 0 Å². The number of benzene rings is 11. The van der Waals surface area contributed by atoms with Crippen LogP contribution in [-0.4, -0.2) is 0 Å². The van der Waals surface area contributed by atoms with Gasteiger partial charge < -0.3 is 4.90 Å². The van der Waals surface area contributed by atoms with Crippen LogP contribution in [0.4, 0.5) is 17.1 Å². The van der Waals surface area contributed by atoms with Crippen LogP contribution >= 0.6 is 0 Å². The molecule has 11 rings (SSSR count). The van der Waals surface area contributed by atoms with Crippen molar-refractivity contribution in [3.8, 4) is 66.8 Å². The highest BCUT2D eigenvalue weighted by Crippen LogP contribution is 2.47. The molecule has 1 heteroatoms. The van der Waals surface area contributed by atoms with Crippen LogP contribution in [0.1, 0.15) is 0 Å². The molecule has 0 N–H and O–H groups in total. The predicted octanol–water partition coefficient (Wildman–Crippen LogP) is 17.5. The van der Waals surface area contributed by atoms with Gasteiger partial charge in [-0.3, -0.25) is 0 Å². The Morgan fingerprint density at radius 3 is 1.19 bits per heavy atom. The van der Waals surface area contributed by atoms with E-state index in [4.69, 9.17) is 0 Å². The van der Waals surface area contributed by atoms with Gasteiger partial charge in [0.25, 0.3) is 0 Å². The predicted molar refractivity (Wildman–Crippen MR) is 269 cm³/mol. The minimum absolute atomic E-state index is 1.08. The van der Waals surface area contributed by atoms with Gasteiger partial charge in [-0.05, 0) is 131 Å². The fourth-order valence-corrected chi connectivity index (χ4v) is 9.28. The smallest absolute Gasteiger partial charge is 0.0468 e. The zero-order valence-electron chi connectivity index (χ0n) is 34.8. The summed E-state index contributed by atoms with van der Waals surface area (Å²) in [5, 5.41) is 4.91. The van der Waals surface area contributed by atoms with Crippen LogP contribution in [0.15, 0.2) is 261 Å². The monoisotopic (exact) mass is 801 g/mol. The van der Waals surface area contributed by atoms with Crippen LogP contribution in [0.3, 0.4) is 0 Å². The van der Waals surface area contributed by atoms with Gasteiger partial charge in [0, 0.05) is 17.1 Å². The van der Waals surface area contributed by atoms with Crippen molar-refractivity contribution in [3.63, 3.8) is 0 Å². The number of nitrogens with zero attached hydrogens (tertiary/aromatic N) is 1. The van der Waals surface area contributed by atoms with E-state index >= 15 is 0 Å². The van der Waals surface area contributed by atoms with Gasteiger partial charge in [0.2, 0.25) is 0 Å². The van der Waals surface area contributed by atoms with Gasteiger partial charge in [-0.15, -0.1) is 0 Å². The summed E-state index contributed by atoms with van der Waals surface area (Å²) < 4.78 is 0. The fraction of sp³-hybridized carbons (Fsp3) is 0. The summed E-state index contributed by atoms with van der Waals surface area (Å²) in [6, 6.07) is 94.6. The maximum atomic E-state index is 2.41. The molecule has 0 saturated heterocycles. The molecule has 0 amide bonds. The lowest BCUT2D eigenvalue weighted by Gasteiger charge is -2.27. The first-order chi connectivity index (χ1) is 31.3. The lowest BCUT2D eigenvalue weighted by molar-refractivity contribution is 1.29. The average molecular weight is 802 g/mol. The highest BCUT2D eigenvalue weighted by atomic mass is 15.1. The van der Waals surface area contributed by atoms with Crippen molar-refractivity contribution in [2.75, 3.05) is 4.90 Å². The van der Waals surface area contributed by atoms with Gasteiger partial charge in [-0.1, -0.05) is 218 Å². The summed E-state index contributed by atoms with van der Waals surface area (Å²) >= 11 is 0. The first-order valence-electron chi connectivity index (χ1n) is 21.7. The molecular weight excluding hydrogens is 759 g/mol. The summed E-state index contributed by atoms with van der Waals surface area (Å²) in [4.78, 5) is 2.41. The van der Waals surface area contributed by atoms with Gasteiger partial charge in [-0.25, -0.2) is 0 Å². The third-order valence-electron chi connectivity index (χ3n) is 12.3. The second-order valence-electron chi connectivity index (χ2n) is 16.0. The highest BCUT2D eigenvalue weighted by Gasteiger charge is 2.21. The van der Waals surface area contributed by atoms with Crippen molar-refractivity contribution < 1.29 is 0 Å². The van der Waals surface area contributed by atoms with Gasteiger partial charge in [0.15, 0.2) is 0 Å². The third kappa shape index (κ3) is 7.26. The Morgan fingerprint density at radius 1 is 0.190 bits per heavy atom. The Bertz CT molecular complexity index is 3340. The summed E-state index contributed by atoms with van der Waals surface area (Å²) in [5.41, 5.74) is 17.7. The number of fused-ring (bicyclic) bond motifs is 3. The number of rotatable bonds is 9. The van der Waals surface area contributed by atoms with E-state index in [9.17, 15) is 0 Å². The van der Waals surface area contributed by atoms with Crippen LogP contribution in [0.5, 0.6) is 0 Å². The molecule has 0 aromatic heterocycles. The lowest BCUT2D eigenvalue weighted by atomic mass is 9.85. The molecule has 0 radical (unpaired) electrons. The largest absolute Gasteiger partial charge is 0.310 e. The molecule has 0 unspecified atom stereocenters. The second-order valence-corrected chi connectivity index (χ2v) is 16.0. The molecule has 0 atom stereocenters. The zero-order chi connectivity index (χ0) is 42.0. The van der Waals surface area contributed by atoms with Crippen LogP contribution in [0.25, 0.3) is 88.3 Å². The molecule has 0 bridgehead atoms.